The van der Waals surface area contributed by atoms with Gasteiger partial charge < -0.3 is 5.73 Å². The van der Waals surface area contributed by atoms with Gasteiger partial charge in [-0.2, -0.15) is 5.10 Å². The van der Waals surface area contributed by atoms with E-state index in [2.05, 4.69) is 5.10 Å². The normalized spacial score (nSPS) is 12.8. The van der Waals surface area contributed by atoms with Gasteiger partial charge in [0, 0.05) is 31.1 Å². The lowest BCUT2D eigenvalue weighted by atomic mass is 10.0. The molecule has 0 aliphatic heterocycles. The molecule has 0 bridgehead atoms. The summed E-state index contributed by atoms with van der Waals surface area (Å²) in [5.74, 6) is 0.628. The van der Waals surface area contributed by atoms with E-state index in [0.717, 1.165) is 33.3 Å². The van der Waals surface area contributed by atoms with Crippen LogP contribution >= 0.6 is 0 Å². The van der Waals surface area contributed by atoms with Gasteiger partial charge in [-0.3, -0.25) is 14.0 Å². The minimum absolute atomic E-state index is 0.0661. The Morgan fingerprint density at radius 3 is 2.52 bits per heavy atom. The molecule has 0 radical (unpaired) electrons. The summed E-state index contributed by atoms with van der Waals surface area (Å²) in [6, 6.07) is 9.74. The molecule has 0 saturated heterocycles. The summed E-state index contributed by atoms with van der Waals surface area (Å²) in [6.07, 6.45) is 0. The van der Waals surface area contributed by atoms with Crippen molar-refractivity contribution in [1.29, 1.82) is 0 Å². The van der Waals surface area contributed by atoms with Crippen molar-refractivity contribution in [3.8, 4) is 11.4 Å². The number of benzene rings is 2. The number of aryl methyl sites for hydroxylation is 3. The lowest BCUT2D eigenvalue weighted by Gasteiger charge is -2.15. The molecule has 4 rings (SSSR count). The highest BCUT2D eigenvalue weighted by Gasteiger charge is 2.16. The minimum atomic E-state index is -0.206. The number of fused-ring (bicyclic) bond motifs is 2. The number of nitrogens with two attached hydrogens (primary N) is 1. The highest BCUT2D eigenvalue weighted by molar-refractivity contribution is 5.88. The molecular formula is C21H23N5O. The van der Waals surface area contributed by atoms with Crippen LogP contribution in [0.3, 0.4) is 0 Å². The molecule has 0 fully saturated rings. The summed E-state index contributed by atoms with van der Waals surface area (Å²) in [4.78, 5) is 17.9. The van der Waals surface area contributed by atoms with Crippen molar-refractivity contribution in [2.45, 2.75) is 26.8 Å². The first-order chi connectivity index (χ1) is 12.8. The van der Waals surface area contributed by atoms with E-state index in [1.807, 2.05) is 62.8 Å². The van der Waals surface area contributed by atoms with Crippen LogP contribution < -0.4 is 11.3 Å². The molecule has 1 unspecified atom stereocenters. The maximum Gasteiger partial charge on any atom is 0.261 e. The second kappa shape index (κ2) is 6.03. The van der Waals surface area contributed by atoms with Crippen molar-refractivity contribution >= 4 is 21.8 Å². The Hall–Kier alpha value is -2.99. The van der Waals surface area contributed by atoms with Gasteiger partial charge in [0.15, 0.2) is 0 Å². The molecule has 138 valence electrons. The van der Waals surface area contributed by atoms with Crippen LogP contribution in [0.4, 0.5) is 0 Å². The Morgan fingerprint density at radius 2 is 1.81 bits per heavy atom. The van der Waals surface area contributed by atoms with Crippen LogP contribution in [-0.4, -0.2) is 19.3 Å². The topological polar surface area (TPSA) is 78.7 Å². The van der Waals surface area contributed by atoms with Crippen LogP contribution in [0.25, 0.3) is 33.2 Å². The van der Waals surface area contributed by atoms with E-state index in [9.17, 15) is 4.79 Å². The fourth-order valence-corrected chi connectivity index (χ4v) is 3.74. The van der Waals surface area contributed by atoms with E-state index in [0.29, 0.717) is 16.7 Å². The van der Waals surface area contributed by atoms with Gasteiger partial charge in [0.2, 0.25) is 0 Å². The van der Waals surface area contributed by atoms with Gasteiger partial charge in [0.1, 0.15) is 5.82 Å². The molecule has 6 nitrogen and oxygen atoms in total. The van der Waals surface area contributed by atoms with Crippen molar-refractivity contribution < 1.29 is 0 Å². The molecule has 6 heteroatoms. The number of aromatic nitrogens is 4. The third-order valence-corrected chi connectivity index (χ3v) is 5.14. The molecule has 27 heavy (non-hydrogen) atoms. The Labute approximate surface area is 157 Å². The highest BCUT2D eigenvalue weighted by atomic mass is 16.1. The molecule has 0 spiro atoms. The van der Waals surface area contributed by atoms with Crippen molar-refractivity contribution in [2.75, 3.05) is 0 Å². The average Bonchev–Trinajstić information content (AvgIpc) is 2.91. The largest absolute Gasteiger partial charge is 0.324 e. The maximum absolute atomic E-state index is 13.0. The predicted octanol–water partition coefficient (Wildman–Crippen LogP) is 3.12. The fourth-order valence-electron chi connectivity index (χ4n) is 3.74. The molecule has 4 aromatic rings. The van der Waals surface area contributed by atoms with Crippen molar-refractivity contribution in [3.63, 3.8) is 0 Å². The SMILES string of the molecule is Cc1cc(C(C)N)c2nc(-c3ccc4c(c3)c(C)nn4C)n(C)c(=O)c2c1. The van der Waals surface area contributed by atoms with Crippen LogP contribution in [0.1, 0.15) is 29.8 Å². The second-order valence-electron chi connectivity index (χ2n) is 7.28. The number of hydrogen-bond acceptors (Lipinski definition) is 4. The van der Waals surface area contributed by atoms with Gasteiger partial charge in [0.05, 0.1) is 22.1 Å². The second-order valence-corrected chi connectivity index (χ2v) is 7.28. The smallest absolute Gasteiger partial charge is 0.261 e. The molecular weight excluding hydrogens is 338 g/mol. The molecule has 2 heterocycles. The van der Waals surface area contributed by atoms with Gasteiger partial charge in [0.25, 0.3) is 5.56 Å². The Bertz CT molecular complexity index is 1260. The van der Waals surface area contributed by atoms with E-state index in [-0.39, 0.29) is 11.6 Å². The molecule has 0 aliphatic rings. The lowest BCUT2D eigenvalue weighted by molar-refractivity contribution is 0.783. The third-order valence-electron chi connectivity index (χ3n) is 5.14. The molecule has 2 aromatic heterocycles. The molecule has 0 aliphatic carbocycles. The average molecular weight is 361 g/mol. The van der Waals surface area contributed by atoms with Gasteiger partial charge >= 0.3 is 0 Å². The van der Waals surface area contributed by atoms with Gasteiger partial charge in [-0.1, -0.05) is 6.07 Å². The van der Waals surface area contributed by atoms with Gasteiger partial charge in [-0.25, -0.2) is 4.98 Å². The summed E-state index contributed by atoms with van der Waals surface area (Å²) in [7, 11) is 3.69. The zero-order valence-corrected chi connectivity index (χ0v) is 16.2. The zero-order chi connectivity index (χ0) is 19.5. The quantitative estimate of drug-likeness (QED) is 0.595. The number of rotatable bonds is 2. The summed E-state index contributed by atoms with van der Waals surface area (Å²) in [6.45, 7) is 5.87. The van der Waals surface area contributed by atoms with E-state index < -0.39 is 0 Å². The fraction of sp³-hybridized carbons (Fsp3) is 0.286. The maximum atomic E-state index is 13.0. The van der Waals surface area contributed by atoms with Crippen LogP contribution in [-0.2, 0) is 14.1 Å². The highest BCUT2D eigenvalue weighted by Crippen LogP contribution is 2.27. The Morgan fingerprint density at radius 1 is 1.07 bits per heavy atom. The zero-order valence-electron chi connectivity index (χ0n) is 16.2. The van der Waals surface area contributed by atoms with Crippen molar-refractivity contribution in [1.82, 2.24) is 19.3 Å². The molecule has 0 amide bonds. The Balaban J connectivity index is 2.06. The van der Waals surface area contributed by atoms with Crippen LogP contribution in [0, 0.1) is 13.8 Å². The summed E-state index contributed by atoms with van der Waals surface area (Å²) >= 11 is 0. The standard InChI is InChI=1S/C21H23N5O/c1-11-8-15(12(2)22)19-17(9-11)21(27)25(4)20(23-19)14-6-7-18-16(10-14)13(3)24-26(18)5/h6-10,12H,22H2,1-5H3. The number of hydrogen-bond donors (Lipinski definition) is 1. The van der Waals surface area contributed by atoms with Crippen LogP contribution in [0.15, 0.2) is 35.1 Å². The summed E-state index contributed by atoms with van der Waals surface area (Å²) in [5.41, 5.74) is 11.6. The Kier molecular flexibility index (Phi) is 3.89. The number of nitrogens with zero attached hydrogens (tertiary/aromatic N) is 4. The first-order valence-corrected chi connectivity index (χ1v) is 8.98. The van der Waals surface area contributed by atoms with E-state index >= 15 is 0 Å². The van der Waals surface area contributed by atoms with Crippen molar-refractivity contribution in [3.05, 3.63) is 57.5 Å². The van der Waals surface area contributed by atoms with Crippen LogP contribution in [0.5, 0.6) is 0 Å². The van der Waals surface area contributed by atoms with Crippen LogP contribution in [0.2, 0.25) is 0 Å². The summed E-state index contributed by atoms with van der Waals surface area (Å²) in [5, 5.41) is 6.13. The third kappa shape index (κ3) is 2.64. The monoisotopic (exact) mass is 361 g/mol. The molecule has 0 saturated carbocycles. The first-order valence-electron chi connectivity index (χ1n) is 8.98. The van der Waals surface area contributed by atoms with Crippen molar-refractivity contribution in [2.24, 2.45) is 19.8 Å². The lowest BCUT2D eigenvalue weighted by Crippen LogP contribution is -2.21. The molecule has 2 aromatic carbocycles. The van der Waals surface area contributed by atoms with Gasteiger partial charge in [-0.05, 0) is 56.2 Å². The first kappa shape index (κ1) is 17.4. The minimum Gasteiger partial charge on any atom is -0.324 e. The summed E-state index contributed by atoms with van der Waals surface area (Å²) < 4.78 is 3.47. The van der Waals surface area contributed by atoms with Gasteiger partial charge in [-0.15, -0.1) is 0 Å². The molecule has 2 N–H and O–H groups in total. The predicted molar refractivity (Wildman–Crippen MR) is 109 cm³/mol. The van der Waals surface area contributed by atoms with E-state index in [4.69, 9.17) is 10.7 Å². The van der Waals surface area contributed by atoms with E-state index in [1.165, 1.54) is 0 Å². The molecule has 1 atom stereocenters. The van der Waals surface area contributed by atoms with E-state index in [1.54, 1.807) is 11.6 Å².